The largest absolute Gasteiger partial charge is 0.350 e. The number of hydrogen-bond donors (Lipinski definition) is 2. The molecular weight excluding hydrogens is 837 g/mol. The Kier molecular flexibility index (Phi) is 12.7. The number of carbonyl (C=O) groups excluding carboxylic acids is 2. The van der Waals surface area contributed by atoms with Crippen LogP contribution in [0.2, 0.25) is 15.5 Å². The first kappa shape index (κ1) is 42.8. The number of nitrogens with zero attached hydrogens (tertiary/aromatic N) is 7. The molecule has 6 heterocycles. The summed E-state index contributed by atoms with van der Waals surface area (Å²) in [6, 6.07) is 8.44. The summed E-state index contributed by atoms with van der Waals surface area (Å²) in [5.74, 6) is -0.0629. The van der Waals surface area contributed by atoms with Crippen molar-refractivity contribution in [3.8, 4) is 0 Å². The summed E-state index contributed by atoms with van der Waals surface area (Å²) in [5, 5.41) is 8.01. The van der Waals surface area contributed by atoms with E-state index in [2.05, 4.69) is 57.5 Å². The predicted octanol–water partition coefficient (Wildman–Crippen LogP) is 6.76. The summed E-state index contributed by atoms with van der Waals surface area (Å²) in [6.45, 7) is 10.8. The average molecular weight is 883 g/mol. The molecule has 4 bridgehead atoms. The maximum absolute atomic E-state index is 12.9. The second-order valence-corrected chi connectivity index (χ2v) is 20.6. The van der Waals surface area contributed by atoms with Crippen molar-refractivity contribution >= 4 is 72.5 Å². The van der Waals surface area contributed by atoms with Gasteiger partial charge in [-0.2, -0.15) is 27.0 Å². The minimum Gasteiger partial charge on any atom is -0.350 e. The Balaban J connectivity index is 0.000000193. The molecule has 4 aromatic rings. The van der Waals surface area contributed by atoms with Gasteiger partial charge in [0.2, 0.25) is 0 Å². The minimum atomic E-state index is -4.12. The van der Waals surface area contributed by atoms with Crippen molar-refractivity contribution in [1.29, 1.82) is 0 Å². The molecule has 2 aliphatic heterocycles. The maximum atomic E-state index is 12.9. The molecule has 0 aromatic carbocycles. The van der Waals surface area contributed by atoms with Crippen molar-refractivity contribution in [1.82, 2.24) is 39.0 Å². The zero-order valence-electron chi connectivity index (χ0n) is 32.1. The molecule has 20 heteroatoms. The number of amides is 2. The second-order valence-electron chi connectivity index (χ2n) is 16.2. The van der Waals surface area contributed by atoms with Crippen LogP contribution in [-0.2, 0) is 33.1 Å². The Bertz CT molecular complexity index is 2370. The standard InChI is InChI=1S/C19H24Cl2N4O3S.C18H22ClN5O3S/c1-19(2)9-7-13(12-19)4-3-10-25-11-8-16(23-25)29(27,28)24-18(26)14-5-6-15(20)22-17(14)21;1-18(2)10-12-4-3-8-23-9-7-15(21-23)28(26,27)22-17(25)13-5-6-14(19)20-16(13)24(18)11-12/h5-6,8,11,13H,3-4,7,9-10,12H2,1-2H3,(H,24,26);5-7,9,12H,3-4,8,10-11H2,1-2H3,(H,22,25). The molecular formula is C37H46Cl3N9O6S2. The summed E-state index contributed by atoms with van der Waals surface area (Å²) in [4.78, 5) is 35.3. The Morgan fingerprint density at radius 1 is 0.965 bits per heavy atom. The third kappa shape index (κ3) is 10.5. The predicted molar refractivity (Wildman–Crippen MR) is 216 cm³/mol. The van der Waals surface area contributed by atoms with Gasteiger partial charge in [-0.05, 0) is 119 Å². The van der Waals surface area contributed by atoms with Crippen molar-refractivity contribution in [2.75, 3.05) is 11.4 Å². The molecule has 308 valence electrons. The van der Waals surface area contributed by atoms with Gasteiger partial charge < -0.3 is 4.90 Å². The summed E-state index contributed by atoms with van der Waals surface area (Å²) in [6.07, 6.45) is 11.8. The molecule has 4 aromatic heterocycles. The van der Waals surface area contributed by atoms with Crippen molar-refractivity contribution in [2.45, 2.75) is 108 Å². The Morgan fingerprint density at radius 3 is 2.42 bits per heavy atom. The molecule has 15 nitrogen and oxygen atoms in total. The molecule has 2 amide bonds. The van der Waals surface area contributed by atoms with E-state index >= 15 is 0 Å². The van der Waals surface area contributed by atoms with E-state index in [1.165, 1.54) is 55.7 Å². The fourth-order valence-corrected chi connectivity index (χ4v) is 10.3. The summed E-state index contributed by atoms with van der Waals surface area (Å²) < 4.78 is 57.4. The number of pyridine rings is 2. The van der Waals surface area contributed by atoms with Crippen LogP contribution in [-0.4, -0.2) is 70.3 Å². The van der Waals surface area contributed by atoms with E-state index < -0.39 is 31.9 Å². The third-order valence-corrected chi connectivity index (χ3v) is 13.8. The second kappa shape index (κ2) is 16.8. The van der Waals surface area contributed by atoms with Crippen LogP contribution < -0.4 is 14.3 Å². The average Bonchev–Trinajstić information content (AvgIpc) is 3.91. The number of nitrogens with one attached hydrogen (secondary N) is 2. The maximum Gasteiger partial charge on any atom is 0.283 e. The summed E-state index contributed by atoms with van der Waals surface area (Å²) >= 11 is 17.7. The Labute approximate surface area is 348 Å². The third-order valence-electron chi connectivity index (χ3n) is 10.7. The fraction of sp³-hybridized carbons (Fsp3) is 0.514. The van der Waals surface area contributed by atoms with Crippen LogP contribution in [0.3, 0.4) is 0 Å². The normalized spacial score (nSPS) is 21.1. The fourth-order valence-electron chi connectivity index (χ4n) is 7.93. The number of aromatic nitrogens is 6. The minimum absolute atomic E-state index is 0.0847. The van der Waals surface area contributed by atoms with E-state index in [0.717, 1.165) is 44.6 Å². The Morgan fingerprint density at radius 2 is 1.70 bits per heavy atom. The van der Waals surface area contributed by atoms with Crippen molar-refractivity contribution < 1.29 is 26.4 Å². The van der Waals surface area contributed by atoms with Crippen LogP contribution in [0.15, 0.2) is 58.8 Å². The van der Waals surface area contributed by atoms with Crippen LogP contribution in [0.25, 0.3) is 0 Å². The molecule has 0 radical (unpaired) electrons. The zero-order chi connectivity index (χ0) is 41.3. The molecule has 2 atom stereocenters. The lowest BCUT2D eigenvalue weighted by Gasteiger charge is -2.33. The Hall–Kier alpha value is -3.77. The lowest BCUT2D eigenvalue weighted by molar-refractivity contribution is 0.0972. The number of anilines is 1. The number of halogens is 3. The first-order valence-corrected chi connectivity index (χ1v) is 22.8. The number of fused-ring (bicyclic) bond motifs is 6. The molecule has 0 spiro atoms. The number of aryl methyl sites for hydroxylation is 2. The smallest absolute Gasteiger partial charge is 0.283 e. The van der Waals surface area contributed by atoms with Gasteiger partial charge >= 0.3 is 0 Å². The quantitative estimate of drug-likeness (QED) is 0.187. The molecule has 1 aliphatic carbocycles. The van der Waals surface area contributed by atoms with E-state index in [1.807, 2.05) is 4.72 Å². The lowest BCUT2D eigenvalue weighted by Crippen LogP contribution is -2.41. The van der Waals surface area contributed by atoms with Gasteiger partial charge in [0.1, 0.15) is 21.3 Å². The van der Waals surface area contributed by atoms with Crippen LogP contribution in [0, 0.1) is 17.3 Å². The van der Waals surface area contributed by atoms with Gasteiger partial charge in [0, 0.05) is 37.6 Å². The molecule has 2 unspecified atom stereocenters. The topological polar surface area (TPSA) is 191 Å². The summed E-state index contributed by atoms with van der Waals surface area (Å²) in [5.41, 5.74) is 0.296. The van der Waals surface area contributed by atoms with Crippen molar-refractivity contribution in [2.24, 2.45) is 17.3 Å². The van der Waals surface area contributed by atoms with Gasteiger partial charge in [0.05, 0.1) is 11.1 Å². The van der Waals surface area contributed by atoms with E-state index in [0.29, 0.717) is 30.2 Å². The molecule has 1 saturated heterocycles. The first-order chi connectivity index (χ1) is 26.7. The number of hydrogen-bond acceptors (Lipinski definition) is 11. The highest BCUT2D eigenvalue weighted by molar-refractivity contribution is 7.90. The van der Waals surface area contributed by atoms with Crippen molar-refractivity contribution in [3.63, 3.8) is 0 Å². The number of rotatable bonds is 7. The van der Waals surface area contributed by atoms with Gasteiger partial charge in [-0.1, -0.05) is 48.7 Å². The van der Waals surface area contributed by atoms with Crippen molar-refractivity contribution in [3.05, 3.63) is 75.4 Å². The molecule has 57 heavy (non-hydrogen) atoms. The van der Waals surface area contributed by atoms with Crippen LogP contribution in [0.1, 0.15) is 99.8 Å². The van der Waals surface area contributed by atoms with E-state index in [-0.39, 0.29) is 42.2 Å². The van der Waals surface area contributed by atoms with Gasteiger partial charge in [-0.15, -0.1) is 0 Å². The molecule has 3 aliphatic rings. The van der Waals surface area contributed by atoms with Gasteiger partial charge in [0.15, 0.2) is 10.1 Å². The molecule has 1 saturated carbocycles. The zero-order valence-corrected chi connectivity index (χ0v) is 36.0. The summed E-state index contributed by atoms with van der Waals surface area (Å²) in [7, 11) is -8.20. The molecule has 7 rings (SSSR count). The lowest BCUT2D eigenvalue weighted by atomic mass is 9.89. The SMILES string of the molecule is CC1(C)CC2CCCn3ccc(n3)S(=O)(=O)NC(=O)c3ccc(Cl)nc3N1C2.CC1(C)CCC(CCCn2ccc(S(=O)(=O)NC(=O)c3ccc(Cl)nc3Cl)n2)C1. The highest BCUT2D eigenvalue weighted by Gasteiger charge is 2.41. The highest BCUT2D eigenvalue weighted by Crippen LogP contribution is 2.43. The van der Waals surface area contributed by atoms with E-state index in [9.17, 15) is 26.4 Å². The molecule has 2 N–H and O–H groups in total. The van der Waals surface area contributed by atoms with E-state index in [1.54, 1.807) is 21.8 Å². The number of sulfonamides is 2. The van der Waals surface area contributed by atoms with E-state index in [4.69, 9.17) is 34.8 Å². The monoisotopic (exact) mass is 881 g/mol. The number of carbonyl (C=O) groups is 2. The van der Waals surface area contributed by atoms with Gasteiger partial charge in [0.25, 0.3) is 31.9 Å². The van der Waals surface area contributed by atoms with Crippen LogP contribution in [0.4, 0.5) is 5.82 Å². The highest BCUT2D eigenvalue weighted by atomic mass is 35.5. The van der Waals surface area contributed by atoms with Gasteiger partial charge in [-0.25, -0.2) is 19.4 Å². The van der Waals surface area contributed by atoms with Gasteiger partial charge in [-0.3, -0.25) is 19.0 Å². The first-order valence-electron chi connectivity index (χ1n) is 18.7. The van der Waals surface area contributed by atoms with Crippen LogP contribution >= 0.6 is 34.8 Å². The molecule has 2 fully saturated rings. The van der Waals surface area contributed by atoms with Crippen LogP contribution in [0.5, 0.6) is 0 Å².